The van der Waals surface area contributed by atoms with Crippen molar-refractivity contribution in [2.24, 2.45) is 0 Å². The fraction of sp³-hybridized carbons (Fsp3) is 0.143. The number of amides is 2. The molecule has 10 heteroatoms. The molecule has 5 aromatic rings. The van der Waals surface area contributed by atoms with E-state index in [2.05, 4.69) is 9.97 Å². The van der Waals surface area contributed by atoms with E-state index in [1.54, 1.807) is 60.7 Å². The summed E-state index contributed by atoms with van der Waals surface area (Å²) < 4.78 is 0.845. The molecular weight excluding hydrogens is 488 g/mol. The van der Waals surface area contributed by atoms with Gasteiger partial charge in [0.2, 0.25) is 22.7 Å². The molecule has 0 radical (unpaired) electrons. The molecule has 1 aliphatic rings. The van der Waals surface area contributed by atoms with Crippen molar-refractivity contribution in [2.75, 3.05) is 0 Å². The number of imide groups is 1. The molecule has 1 aliphatic heterocycles. The Morgan fingerprint density at radius 1 is 0.579 bits per heavy atom. The van der Waals surface area contributed by atoms with Gasteiger partial charge >= 0.3 is 0 Å². The van der Waals surface area contributed by atoms with Crippen LogP contribution in [-0.4, -0.2) is 31.2 Å². The summed E-state index contributed by atoms with van der Waals surface area (Å²) >= 11 is 0. The van der Waals surface area contributed by atoms with Crippen LogP contribution in [0.25, 0.3) is 21.8 Å². The van der Waals surface area contributed by atoms with Gasteiger partial charge in [0, 0.05) is 25.2 Å². The van der Waals surface area contributed by atoms with Crippen molar-refractivity contribution < 1.29 is 9.59 Å². The number of hydrogen-bond donors (Lipinski definition) is 2. The van der Waals surface area contributed by atoms with E-state index in [1.807, 2.05) is 0 Å². The van der Waals surface area contributed by atoms with Crippen molar-refractivity contribution in [3.05, 3.63) is 125 Å². The summed E-state index contributed by atoms with van der Waals surface area (Å²) in [5.41, 5.74) is -2.78. The molecule has 2 N–H and O–H groups in total. The lowest BCUT2D eigenvalue weighted by molar-refractivity contribution is -0.142. The number of aromatic nitrogens is 3. The van der Waals surface area contributed by atoms with Gasteiger partial charge < -0.3 is 9.97 Å². The molecule has 6 rings (SSSR count). The van der Waals surface area contributed by atoms with Crippen LogP contribution in [0.1, 0.15) is 36.1 Å². The molecule has 0 spiro atoms. The van der Waals surface area contributed by atoms with Gasteiger partial charge in [-0.1, -0.05) is 60.7 Å². The zero-order valence-corrected chi connectivity index (χ0v) is 19.8. The average Bonchev–Trinajstić information content (AvgIpc) is 3.41. The normalized spacial score (nSPS) is 15.4. The van der Waals surface area contributed by atoms with Crippen molar-refractivity contribution >= 4 is 33.6 Å². The Hall–Kier alpha value is -5.12. The standard InChI is InChI=1S/C28H20N4O6/c33-17-11-12-18(34)31(17)23(15-7-3-1-4-8-15)24(16-9-5-2-6-10-16)32-27(37)19-20(28(32)38)26(36)22-21(25(19)35)29-13-14-30-22/h1-10,13-14,23-24,29-30H,11-12H2. The first kappa shape index (κ1) is 23.3. The summed E-state index contributed by atoms with van der Waals surface area (Å²) in [5, 5.41) is -1.06. The highest BCUT2D eigenvalue weighted by Gasteiger charge is 2.43. The van der Waals surface area contributed by atoms with Crippen molar-refractivity contribution in [1.82, 2.24) is 19.4 Å². The van der Waals surface area contributed by atoms with E-state index in [0.29, 0.717) is 11.1 Å². The number of likely N-dealkylation sites (tertiary alicyclic amines) is 1. The van der Waals surface area contributed by atoms with Gasteiger partial charge in [-0.25, -0.2) is 0 Å². The number of fused-ring (bicyclic) bond motifs is 2. The van der Waals surface area contributed by atoms with Crippen molar-refractivity contribution in [2.45, 2.75) is 24.9 Å². The molecular formula is C28H20N4O6. The van der Waals surface area contributed by atoms with Gasteiger partial charge in [-0.05, 0) is 11.1 Å². The highest BCUT2D eigenvalue weighted by molar-refractivity contribution is 6.02. The highest BCUT2D eigenvalue weighted by Crippen LogP contribution is 2.39. The Morgan fingerprint density at radius 2 is 1.00 bits per heavy atom. The molecule has 10 nitrogen and oxygen atoms in total. The van der Waals surface area contributed by atoms with Gasteiger partial charge in [0.05, 0.1) is 12.1 Å². The zero-order valence-electron chi connectivity index (χ0n) is 19.8. The second-order valence-corrected chi connectivity index (χ2v) is 9.13. The van der Waals surface area contributed by atoms with Gasteiger partial charge in [-0.15, -0.1) is 0 Å². The van der Waals surface area contributed by atoms with E-state index in [4.69, 9.17) is 0 Å². The molecule has 2 aromatic heterocycles. The van der Waals surface area contributed by atoms with Crippen molar-refractivity contribution in [3.8, 4) is 0 Å². The van der Waals surface area contributed by atoms with Crippen LogP contribution in [-0.2, 0) is 9.59 Å². The first-order valence-corrected chi connectivity index (χ1v) is 12.0. The number of aromatic amines is 2. The summed E-state index contributed by atoms with van der Waals surface area (Å²) in [7, 11) is 0. The lowest BCUT2D eigenvalue weighted by Gasteiger charge is -2.34. The maximum absolute atomic E-state index is 13.9. The maximum atomic E-state index is 13.9. The van der Waals surface area contributed by atoms with Crippen LogP contribution in [0, 0.1) is 0 Å². The van der Waals surface area contributed by atoms with Crippen LogP contribution in [0.5, 0.6) is 0 Å². The van der Waals surface area contributed by atoms with E-state index in [1.165, 1.54) is 12.4 Å². The Bertz CT molecular complexity index is 1860. The van der Waals surface area contributed by atoms with Gasteiger partial charge in [0.15, 0.2) is 0 Å². The van der Waals surface area contributed by atoms with Gasteiger partial charge in [-0.2, -0.15) is 0 Å². The van der Waals surface area contributed by atoms with E-state index >= 15 is 0 Å². The third-order valence-corrected chi connectivity index (χ3v) is 7.04. The number of rotatable bonds is 5. The van der Waals surface area contributed by atoms with Crippen LogP contribution in [0.3, 0.4) is 0 Å². The van der Waals surface area contributed by atoms with Crippen LogP contribution in [0.15, 0.2) is 92.2 Å². The molecule has 2 atom stereocenters. The Balaban J connectivity index is 1.75. The van der Waals surface area contributed by atoms with Crippen LogP contribution < -0.4 is 22.0 Å². The van der Waals surface area contributed by atoms with Crippen LogP contribution in [0.2, 0.25) is 0 Å². The lowest BCUT2D eigenvalue weighted by atomic mass is 9.91. The second-order valence-electron chi connectivity index (χ2n) is 9.13. The molecule has 3 aromatic carbocycles. The lowest BCUT2D eigenvalue weighted by Crippen LogP contribution is -2.43. The summed E-state index contributed by atoms with van der Waals surface area (Å²) in [6, 6.07) is 14.8. The highest BCUT2D eigenvalue weighted by atomic mass is 16.2. The minimum absolute atomic E-state index is 0.00172. The molecule has 2 amide bonds. The predicted molar refractivity (Wildman–Crippen MR) is 139 cm³/mol. The number of carbonyl (C=O) groups is 2. The molecule has 1 fully saturated rings. The molecule has 188 valence electrons. The summed E-state index contributed by atoms with van der Waals surface area (Å²) in [6.07, 6.45) is 2.80. The van der Waals surface area contributed by atoms with E-state index in [-0.39, 0.29) is 23.9 Å². The topological polar surface area (TPSA) is 142 Å². The number of hydrogen-bond acceptors (Lipinski definition) is 6. The van der Waals surface area contributed by atoms with Crippen molar-refractivity contribution in [3.63, 3.8) is 0 Å². The van der Waals surface area contributed by atoms with Crippen LogP contribution >= 0.6 is 0 Å². The number of nitrogens with one attached hydrogen (secondary N) is 2. The summed E-state index contributed by atoms with van der Waals surface area (Å²) in [4.78, 5) is 86.9. The fourth-order valence-corrected chi connectivity index (χ4v) is 5.37. The molecule has 1 saturated heterocycles. The van der Waals surface area contributed by atoms with Crippen molar-refractivity contribution in [1.29, 1.82) is 0 Å². The van der Waals surface area contributed by atoms with Gasteiger partial charge in [0.25, 0.3) is 11.1 Å². The number of nitrogens with zero attached hydrogens (tertiary/aromatic N) is 2. The first-order chi connectivity index (χ1) is 18.4. The van der Waals surface area contributed by atoms with E-state index in [0.717, 1.165) is 9.47 Å². The maximum Gasteiger partial charge on any atom is 0.266 e. The second kappa shape index (κ2) is 8.77. The molecule has 0 aliphatic carbocycles. The Morgan fingerprint density at radius 3 is 1.45 bits per heavy atom. The number of benzene rings is 3. The molecule has 38 heavy (non-hydrogen) atoms. The molecule has 0 bridgehead atoms. The first-order valence-electron chi connectivity index (χ1n) is 12.0. The minimum atomic E-state index is -1.20. The molecule has 0 saturated carbocycles. The minimum Gasteiger partial charge on any atom is -0.355 e. The SMILES string of the molecule is O=C1CCC(=O)N1C(c1ccccc1)C(c1ccccc1)n1c(=O)c2c(=O)c3[nH]cc[nH]c3c(=O)c2c1=O. The Kier molecular flexibility index (Phi) is 5.37. The van der Waals surface area contributed by atoms with Crippen LogP contribution in [0.4, 0.5) is 0 Å². The van der Waals surface area contributed by atoms with E-state index < -0.39 is 56.6 Å². The Labute approximate surface area is 213 Å². The smallest absolute Gasteiger partial charge is 0.266 e. The average molecular weight is 508 g/mol. The summed E-state index contributed by atoms with van der Waals surface area (Å²) in [6.45, 7) is 0. The third-order valence-electron chi connectivity index (χ3n) is 7.04. The zero-order chi connectivity index (χ0) is 26.6. The number of H-pyrrole nitrogens is 2. The van der Waals surface area contributed by atoms with Gasteiger partial charge in [-0.3, -0.25) is 38.2 Å². The third kappa shape index (κ3) is 3.34. The molecule has 2 unspecified atom stereocenters. The quantitative estimate of drug-likeness (QED) is 0.347. The summed E-state index contributed by atoms with van der Waals surface area (Å²) in [5.74, 6) is -0.879. The largest absolute Gasteiger partial charge is 0.355 e. The molecule has 3 heterocycles. The number of carbonyl (C=O) groups excluding carboxylic acids is 2. The van der Waals surface area contributed by atoms with Gasteiger partial charge in [0.1, 0.15) is 21.8 Å². The predicted octanol–water partition coefficient (Wildman–Crippen LogP) is 1.81. The monoisotopic (exact) mass is 508 g/mol. The fourth-order valence-electron chi connectivity index (χ4n) is 5.37. The van der Waals surface area contributed by atoms with E-state index in [9.17, 15) is 28.8 Å².